The van der Waals surface area contributed by atoms with E-state index in [1.807, 2.05) is 30.3 Å². The van der Waals surface area contributed by atoms with Crippen LogP contribution in [0.5, 0.6) is 0 Å². The summed E-state index contributed by atoms with van der Waals surface area (Å²) in [5, 5.41) is 7.14. The summed E-state index contributed by atoms with van der Waals surface area (Å²) >= 11 is 0. The van der Waals surface area contributed by atoms with Crippen LogP contribution in [-0.2, 0) is 0 Å². The van der Waals surface area contributed by atoms with Gasteiger partial charge in [-0.2, -0.15) is 0 Å². The third-order valence-corrected chi connectivity index (χ3v) is 17.3. The summed E-state index contributed by atoms with van der Waals surface area (Å²) in [4.78, 5) is 15.0. The van der Waals surface area contributed by atoms with Gasteiger partial charge in [-0.3, -0.25) is 8.80 Å². The van der Waals surface area contributed by atoms with Gasteiger partial charge in [-0.05, 0) is 179 Å². The van der Waals surface area contributed by atoms with Crippen LogP contribution in [0.25, 0.3) is 89.7 Å². The van der Waals surface area contributed by atoms with Crippen molar-refractivity contribution in [2.75, 3.05) is 20.4 Å². The second kappa shape index (κ2) is 25.2. The molecule has 0 bridgehead atoms. The van der Waals surface area contributed by atoms with E-state index in [0.717, 1.165) is 147 Å². The Morgan fingerprint density at radius 2 is 0.553 bits per heavy atom. The molecule has 0 fully saturated rings. The van der Waals surface area contributed by atoms with E-state index in [2.05, 4.69) is 363 Å². The van der Waals surface area contributed by atoms with Crippen LogP contribution in [0.1, 0.15) is 0 Å². The molecule has 0 atom stereocenters. The highest BCUT2D eigenvalue weighted by Gasteiger charge is 2.21. The first-order chi connectivity index (χ1) is 46.6. The van der Waals surface area contributed by atoms with Crippen LogP contribution < -0.4 is 20.4 Å². The van der Waals surface area contributed by atoms with Gasteiger partial charge in [0.2, 0.25) is 0 Å². The fourth-order valence-corrected chi connectivity index (χ4v) is 12.7. The molecular weight excluding hydrogens is 1150 g/mol. The molecule has 4 aromatic heterocycles. The molecule has 2 N–H and O–H groups in total. The van der Waals surface area contributed by atoms with E-state index < -0.39 is 0 Å². The highest BCUT2D eigenvalue weighted by Crippen LogP contribution is 2.42. The molecule has 446 valence electrons. The van der Waals surface area contributed by atoms with Gasteiger partial charge in [0, 0.05) is 91.5 Å². The molecule has 0 radical (unpaired) electrons. The standard InChI is InChI=1S/C86H62N8/c1-6-19-65(20-7-1)83-85(91-58-17-16-31-81(91)89-83)67-40-53-79(54-41-67)93(75-27-12-4-13-28-75)77-49-36-63(37-50-77)64-38-51-78(52-39-64)94(76-29-14-5-15-30-76)80-55-42-68(43-56-80)86-84(66-21-8-2-9-22-66)90-82-57-44-70(60-92(82)86)69-23-18-26-74(59-69)88-73-47-34-62(35-48-73)61-32-45-72(46-33-61)87-71-24-10-3-11-25-71/h1-60,87-88H. The summed E-state index contributed by atoms with van der Waals surface area (Å²) in [5.41, 5.74) is 27.3. The molecular formula is C86H62N8. The number of imidazole rings is 2. The lowest BCUT2D eigenvalue weighted by Gasteiger charge is -2.26. The van der Waals surface area contributed by atoms with E-state index in [-0.39, 0.29) is 0 Å². The number of rotatable bonds is 17. The molecule has 0 aliphatic heterocycles. The summed E-state index contributed by atoms with van der Waals surface area (Å²) in [6.07, 6.45) is 4.32. The van der Waals surface area contributed by atoms with E-state index >= 15 is 0 Å². The molecule has 12 aromatic carbocycles. The third-order valence-electron chi connectivity index (χ3n) is 17.3. The quantitative estimate of drug-likeness (QED) is 0.0947. The van der Waals surface area contributed by atoms with Crippen molar-refractivity contribution in [2.24, 2.45) is 0 Å². The summed E-state index contributed by atoms with van der Waals surface area (Å²) in [5.74, 6) is 0. The maximum absolute atomic E-state index is 5.31. The summed E-state index contributed by atoms with van der Waals surface area (Å²) in [6.45, 7) is 0. The fraction of sp³-hybridized carbons (Fsp3) is 0. The topological polar surface area (TPSA) is 65.1 Å². The fourth-order valence-electron chi connectivity index (χ4n) is 12.7. The van der Waals surface area contributed by atoms with Gasteiger partial charge in [0.1, 0.15) is 11.3 Å². The van der Waals surface area contributed by atoms with E-state index in [0.29, 0.717) is 0 Å². The van der Waals surface area contributed by atoms with Gasteiger partial charge in [0.15, 0.2) is 0 Å². The van der Waals surface area contributed by atoms with Gasteiger partial charge in [-0.15, -0.1) is 0 Å². The van der Waals surface area contributed by atoms with Gasteiger partial charge in [0.05, 0.1) is 22.8 Å². The van der Waals surface area contributed by atoms with Gasteiger partial charge >= 0.3 is 0 Å². The molecule has 8 heteroatoms. The maximum atomic E-state index is 5.31. The average Bonchev–Trinajstić information content (AvgIpc) is 1.63. The second-order valence-corrected chi connectivity index (χ2v) is 23.3. The van der Waals surface area contributed by atoms with Crippen molar-refractivity contribution in [3.63, 3.8) is 0 Å². The largest absolute Gasteiger partial charge is 0.356 e. The molecule has 0 spiro atoms. The zero-order chi connectivity index (χ0) is 62.6. The van der Waals surface area contributed by atoms with Gasteiger partial charge in [0.25, 0.3) is 0 Å². The van der Waals surface area contributed by atoms with Crippen LogP contribution >= 0.6 is 0 Å². The molecule has 4 heterocycles. The lowest BCUT2D eigenvalue weighted by molar-refractivity contribution is 1.19. The third kappa shape index (κ3) is 11.5. The van der Waals surface area contributed by atoms with Crippen LogP contribution in [0.4, 0.5) is 56.9 Å². The van der Waals surface area contributed by atoms with E-state index in [1.54, 1.807) is 0 Å². The average molecular weight is 1210 g/mol. The number of aromatic nitrogens is 4. The molecule has 0 saturated heterocycles. The molecule has 0 saturated carbocycles. The summed E-state index contributed by atoms with van der Waals surface area (Å²) in [6, 6.07) is 124. The monoisotopic (exact) mass is 1210 g/mol. The number of hydrogen-bond donors (Lipinski definition) is 2. The highest BCUT2D eigenvalue weighted by atomic mass is 15.1. The van der Waals surface area contributed by atoms with E-state index in [1.165, 1.54) is 0 Å². The molecule has 16 rings (SSSR count). The minimum Gasteiger partial charge on any atom is -0.356 e. The SMILES string of the molecule is c1ccc(Nc2ccc(-c3ccc(Nc4cccc(-c5ccc6nc(-c7ccccc7)c(-c7ccc(N(c8ccccc8)c8ccc(-c9ccc(N(c%10ccccc%10)c%10ccc(-c%11c(-c%12ccccc%12)nc%12ccccn%11%12)cc%10)cc9)cc8)cc7)n6c5)c4)cc3)cc2)cc1. The van der Waals surface area contributed by atoms with Crippen LogP contribution in [0.15, 0.2) is 364 Å². The minimum atomic E-state index is 0.871. The molecule has 16 aromatic rings. The van der Waals surface area contributed by atoms with Crippen molar-refractivity contribution in [1.82, 2.24) is 18.8 Å². The van der Waals surface area contributed by atoms with Gasteiger partial charge in [-0.1, -0.05) is 206 Å². The smallest absolute Gasteiger partial charge is 0.137 e. The Kier molecular flexibility index (Phi) is 15.2. The lowest BCUT2D eigenvalue weighted by atomic mass is 10.0. The number of pyridine rings is 2. The van der Waals surface area contributed by atoms with Crippen molar-refractivity contribution in [3.8, 4) is 78.4 Å². The number of hydrogen-bond acceptors (Lipinski definition) is 6. The van der Waals surface area contributed by atoms with Crippen LogP contribution in [0, 0.1) is 0 Å². The summed E-state index contributed by atoms with van der Waals surface area (Å²) < 4.78 is 4.43. The second-order valence-electron chi connectivity index (χ2n) is 23.3. The van der Waals surface area contributed by atoms with Crippen LogP contribution in [0.3, 0.4) is 0 Å². The zero-order valence-electron chi connectivity index (χ0n) is 51.3. The summed E-state index contributed by atoms with van der Waals surface area (Å²) in [7, 11) is 0. The number of anilines is 10. The van der Waals surface area contributed by atoms with Crippen molar-refractivity contribution in [3.05, 3.63) is 364 Å². The van der Waals surface area contributed by atoms with Crippen molar-refractivity contribution in [1.29, 1.82) is 0 Å². The Morgan fingerprint density at radius 1 is 0.223 bits per heavy atom. The van der Waals surface area contributed by atoms with Gasteiger partial charge < -0.3 is 20.4 Å². The van der Waals surface area contributed by atoms with Crippen molar-refractivity contribution >= 4 is 68.2 Å². The van der Waals surface area contributed by atoms with Crippen LogP contribution in [-0.4, -0.2) is 18.8 Å². The predicted octanol–water partition coefficient (Wildman–Crippen LogP) is 23.1. The van der Waals surface area contributed by atoms with Crippen molar-refractivity contribution < 1.29 is 0 Å². The maximum Gasteiger partial charge on any atom is 0.137 e. The van der Waals surface area contributed by atoms with E-state index in [4.69, 9.17) is 9.97 Å². The number of fused-ring (bicyclic) bond motifs is 2. The molecule has 0 aliphatic rings. The predicted molar refractivity (Wildman–Crippen MR) is 391 cm³/mol. The first-order valence-electron chi connectivity index (χ1n) is 31.7. The Hall–Kier alpha value is -12.8. The Labute approximate surface area is 546 Å². The normalized spacial score (nSPS) is 11.2. The Morgan fingerprint density at radius 3 is 1.02 bits per heavy atom. The van der Waals surface area contributed by atoms with E-state index in [9.17, 15) is 0 Å². The number of nitrogens with zero attached hydrogens (tertiary/aromatic N) is 6. The first-order valence-corrected chi connectivity index (χ1v) is 31.7. The number of benzene rings is 12. The first kappa shape index (κ1) is 56.5. The minimum absolute atomic E-state index is 0.871. The molecule has 0 unspecified atom stereocenters. The molecule has 0 aliphatic carbocycles. The molecule has 8 nitrogen and oxygen atoms in total. The number of nitrogens with one attached hydrogen (secondary N) is 2. The Balaban J connectivity index is 0.660. The van der Waals surface area contributed by atoms with Crippen molar-refractivity contribution in [2.45, 2.75) is 0 Å². The number of para-hydroxylation sites is 3. The van der Waals surface area contributed by atoms with Crippen LogP contribution in [0.2, 0.25) is 0 Å². The molecule has 0 amide bonds. The zero-order valence-corrected chi connectivity index (χ0v) is 51.3. The van der Waals surface area contributed by atoms with Gasteiger partial charge in [-0.25, -0.2) is 9.97 Å². The Bertz CT molecular complexity index is 5230. The molecule has 94 heavy (non-hydrogen) atoms. The highest BCUT2D eigenvalue weighted by molar-refractivity contribution is 5.88. The lowest BCUT2D eigenvalue weighted by Crippen LogP contribution is -2.10.